The number of amides is 3. The number of anilines is 1. The number of aryl methyl sites for hydroxylation is 2. The maximum Gasteiger partial charge on any atom is 0.329 e. The molecule has 2 aromatic rings. The monoisotopic (exact) mass is 622 g/mol. The van der Waals surface area contributed by atoms with Gasteiger partial charge in [0.15, 0.2) is 18.1 Å². The van der Waals surface area contributed by atoms with Gasteiger partial charge in [-0.3, -0.25) is 14.4 Å². The molecule has 1 atom stereocenters. The molecular formula is C26H31IN4O6. The van der Waals surface area contributed by atoms with Gasteiger partial charge in [0.05, 0.1) is 22.5 Å². The third-order valence-electron chi connectivity index (χ3n) is 5.28. The highest BCUT2D eigenvalue weighted by Gasteiger charge is 2.19. The molecule has 0 radical (unpaired) electrons. The summed E-state index contributed by atoms with van der Waals surface area (Å²) in [7, 11) is 0. The topological polar surface area (TPSA) is 127 Å². The fourth-order valence-corrected chi connectivity index (χ4v) is 4.54. The number of rotatable bonds is 10. The Kier molecular flexibility index (Phi) is 10.7. The molecule has 3 N–H and O–H groups in total. The lowest BCUT2D eigenvalue weighted by Crippen LogP contribution is -2.41. The van der Waals surface area contributed by atoms with Crippen molar-refractivity contribution >= 4 is 52.2 Å². The molecule has 37 heavy (non-hydrogen) atoms. The van der Waals surface area contributed by atoms with Crippen LogP contribution in [0.15, 0.2) is 35.4 Å². The zero-order valence-electron chi connectivity index (χ0n) is 21.1. The summed E-state index contributed by atoms with van der Waals surface area (Å²) in [5, 5.41) is 9.25. The number of halogens is 1. The Hall–Kier alpha value is -3.19. The second-order valence-corrected chi connectivity index (χ2v) is 9.68. The lowest BCUT2D eigenvalue weighted by Gasteiger charge is -2.15. The van der Waals surface area contributed by atoms with Crippen LogP contribution in [-0.4, -0.2) is 56.4 Å². The Bertz CT molecular complexity index is 1140. The molecule has 0 unspecified atom stereocenters. The predicted molar refractivity (Wildman–Crippen MR) is 148 cm³/mol. The van der Waals surface area contributed by atoms with Gasteiger partial charge < -0.3 is 24.8 Å². The van der Waals surface area contributed by atoms with E-state index in [4.69, 9.17) is 14.2 Å². The molecule has 198 valence electrons. The molecule has 10 nitrogen and oxygen atoms in total. The van der Waals surface area contributed by atoms with Crippen LogP contribution in [0.25, 0.3) is 0 Å². The Morgan fingerprint density at radius 3 is 2.54 bits per heavy atom. The second kappa shape index (κ2) is 13.9. The van der Waals surface area contributed by atoms with Crippen LogP contribution in [-0.2, 0) is 19.1 Å². The summed E-state index contributed by atoms with van der Waals surface area (Å²) in [5.41, 5.74) is 5.64. The maximum atomic E-state index is 12.5. The van der Waals surface area contributed by atoms with E-state index in [2.05, 4.69) is 43.8 Å². The highest BCUT2D eigenvalue weighted by Crippen LogP contribution is 2.34. The van der Waals surface area contributed by atoms with Gasteiger partial charge >= 0.3 is 11.8 Å². The van der Waals surface area contributed by atoms with Gasteiger partial charge in [0, 0.05) is 18.8 Å². The van der Waals surface area contributed by atoms with E-state index in [1.54, 1.807) is 12.1 Å². The van der Waals surface area contributed by atoms with Crippen molar-refractivity contribution in [1.29, 1.82) is 0 Å². The van der Waals surface area contributed by atoms with Crippen LogP contribution >= 0.6 is 22.6 Å². The van der Waals surface area contributed by atoms with Crippen LogP contribution in [0, 0.1) is 17.4 Å². The molecular weight excluding hydrogens is 591 g/mol. The van der Waals surface area contributed by atoms with Gasteiger partial charge in [-0.25, -0.2) is 5.43 Å². The van der Waals surface area contributed by atoms with Crippen LogP contribution in [0.4, 0.5) is 5.69 Å². The van der Waals surface area contributed by atoms with E-state index in [0.717, 1.165) is 24.0 Å². The van der Waals surface area contributed by atoms with Crippen molar-refractivity contribution in [3.8, 4) is 11.5 Å². The third-order valence-corrected chi connectivity index (χ3v) is 6.09. The summed E-state index contributed by atoms with van der Waals surface area (Å²) in [6, 6.07) is 9.24. The van der Waals surface area contributed by atoms with Crippen molar-refractivity contribution in [3.63, 3.8) is 0 Å². The lowest BCUT2D eigenvalue weighted by molar-refractivity contribution is -0.139. The van der Waals surface area contributed by atoms with E-state index in [1.165, 1.54) is 6.21 Å². The number of nitrogens with one attached hydrogen (secondary N) is 3. The van der Waals surface area contributed by atoms with Gasteiger partial charge in [-0.1, -0.05) is 6.07 Å². The largest absolute Gasteiger partial charge is 0.490 e. The van der Waals surface area contributed by atoms with Crippen molar-refractivity contribution in [1.82, 2.24) is 10.7 Å². The minimum absolute atomic E-state index is 0.0575. The van der Waals surface area contributed by atoms with Crippen molar-refractivity contribution in [2.75, 3.05) is 31.7 Å². The molecule has 0 aliphatic carbocycles. The molecule has 1 aliphatic heterocycles. The molecule has 0 spiro atoms. The number of ether oxygens (including phenoxy) is 3. The van der Waals surface area contributed by atoms with Crippen molar-refractivity contribution < 1.29 is 28.6 Å². The van der Waals surface area contributed by atoms with Crippen LogP contribution in [0.1, 0.15) is 36.5 Å². The molecule has 1 heterocycles. The third kappa shape index (κ3) is 9.01. The molecule has 3 rings (SSSR count). The van der Waals surface area contributed by atoms with Crippen LogP contribution in [0.2, 0.25) is 0 Å². The number of carbonyl (C=O) groups excluding carboxylic acids is 3. The number of hydrogen-bond acceptors (Lipinski definition) is 7. The standard InChI is InChI=1S/C26H31IN4O6/c1-4-35-22-12-18(13-29-31-26(34)25(33)28-14-20-6-5-7-36-20)11-21(27)24(22)37-15-23(32)30-19-9-16(2)8-17(3)10-19/h8-13,20H,4-7,14-15H2,1-3H3,(H,28,33)(H,30,32)(H,31,34)/b29-13-/t20-/m1/s1. The summed E-state index contributed by atoms with van der Waals surface area (Å²) in [4.78, 5) is 36.4. The van der Waals surface area contributed by atoms with Gasteiger partial charge in [-0.05, 0) is 97.2 Å². The van der Waals surface area contributed by atoms with Gasteiger partial charge in [-0.2, -0.15) is 5.10 Å². The average molecular weight is 622 g/mol. The summed E-state index contributed by atoms with van der Waals surface area (Å²) in [6.45, 7) is 6.90. The first-order chi connectivity index (χ1) is 17.7. The van der Waals surface area contributed by atoms with E-state index in [-0.39, 0.29) is 25.2 Å². The van der Waals surface area contributed by atoms with E-state index in [0.29, 0.717) is 39.5 Å². The summed E-state index contributed by atoms with van der Waals surface area (Å²) >= 11 is 2.07. The average Bonchev–Trinajstić information content (AvgIpc) is 3.35. The van der Waals surface area contributed by atoms with Crippen LogP contribution in [0.5, 0.6) is 11.5 Å². The highest BCUT2D eigenvalue weighted by atomic mass is 127. The van der Waals surface area contributed by atoms with Gasteiger partial charge in [0.1, 0.15) is 0 Å². The zero-order chi connectivity index (χ0) is 26.8. The molecule has 0 saturated carbocycles. The molecule has 2 aromatic carbocycles. The summed E-state index contributed by atoms with van der Waals surface area (Å²) in [6.07, 6.45) is 3.14. The van der Waals surface area contributed by atoms with Gasteiger partial charge in [0.2, 0.25) is 0 Å². The van der Waals surface area contributed by atoms with Gasteiger partial charge in [-0.15, -0.1) is 0 Å². The van der Waals surface area contributed by atoms with Crippen molar-refractivity contribution in [2.24, 2.45) is 5.10 Å². The number of nitrogens with zero attached hydrogens (tertiary/aromatic N) is 1. The zero-order valence-corrected chi connectivity index (χ0v) is 23.2. The molecule has 1 aliphatic rings. The molecule has 1 fully saturated rings. The van der Waals surface area contributed by atoms with Crippen LogP contribution in [0.3, 0.4) is 0 Å². The van der Waals surface area contributed by atoms with Crippen molar-refractivity contribution in [2.45, 2.75) is 39.7 Å². The first kappa shape index (κ1) is 28.4. The first-order valence-electron chi connectivity index (χ1n) is 11.9. The number of hydrazone groups is 1. The second-order valence-electron chi connectivity index (χ2n) is 8.52. The van der Waals surface area contributed by atoms with E-state index >= 15 is 0 Å². The number of hydrogen-bond donors (Lipinski definition) is 3. The Morgan fingerprint density at radius 1 is 1.11 bits per heavy atom. The normalized spacial score (nSPS) is 14.9. The Morgan fingerprint density at radius 2 is 1.86 bits per heavy atom. The minimum atomic E-state index is -0.872. The van der Waals surface area contributed by atoms with Crippen LogP contribution < -0.4 is 25.5 Å². The van der Waals surface area contributed by atoms with E-state index in [9.17, 15) is 14.4 Å². The lowest BCUT2D eigenvalue weighted by atomic mass is 10.1. The minimum Gasteiger partial charge on any atom is -0.490 e. The van der Waals surface area contributed by atoms with E-state index in [1.807, 2.05) is 39.0 Å². The van der Waals surface area contributed by atoms with Crippen molar-refractivity contribution in [3.05, 3.63) is 50.6 Å². The SMILES string of the molecule is CCOc1cc(/C=N\NC(=O)C(=O)NC[C@H]2CCCO2)cc(I)c1OCC(=O)Nc1cc(C)cc(C)c1. The molecule has 0 bridgehead atoms. The quantitative estimate of drug-likeness (QED) is 0.162. The maximum absolute atomic E-state index is 12.5. The predicted octanol–water partition coefficient (Wildman–Crippen LogP) is 3.07. The summed E-state index contributed by atoms with van der Waals surface area (Å²) in [5.74, 6) is -1.10. The number of carbonyl (C=O) groups is 3. The first-order valence-corrected chi connectivity index (χ1v) is 13.0. The molecule has 1 saturated heterocycles. The fourth-order valence-electron chi connectivity index (χ4n) is 3.76. The summed E-state index contributed by atoms with van der Waals surface area (Å²) < 4.78 is 17.6. The molecule has 0 aromatic heterocycles. The molecule has 3 amide bonds. The Balaban J connectivity index is 1.57. The molecule has 11 heteroatoms. The Labute approximate surface area is 229 Å². The van der Waals surface area contributed by atoms with Gasteiger partial charge in [0.25, 0.3) is 5.91 Å². The smallest absolute Gasteiger partial charge is 0.329 e. The number of benzene rings is 2. The highest BCUT2D eigenvalue weighted by molar-refractivity contribution is 14.1. The fraction of sp³-hybridized carbons (Fsp3) is 0.385. The van der Waals surface area contributed by atoms with E-state index < -0.39 is 11.8 Å².